The first-order valence-electron chi connectivity index (χ1n) is 6.26. The van der Waals surface area contributed by atoms with E-state index >= 15 is 0 Å². The van der Waals surface area contributed by atoms with Crippen molar-refractivity contribution in [2.75, 3.05) is 32.6 Å². The van der Waals surface area contributed by atoms with Crippen LogP contribution in [0.25, 0.3) is 0 Å². The van der Waals surface area contributed by atoms with Crippen LogP contribution in [0.4, 0.5) is 11.4 Å². The number of sulfonamides is 1. The molecule has 8 nitrogen and oxygen atoms in total. The predicted molar refractivity (Wildman–Crippen MR) is 78.9 cm³/mol. The summed E-state index contributed by atoms with van der Waals surface area (Å²) < 4.78 is 31.7. The molecule has 0 fully saturated rings. The molecular formula is C12H19N3O5S. The summed E-state index contributed by atoms with van der Waals surface area (Å²) in [5.41, 5.74) is -0.0305. The molecule has 0 saturated carbocycles. The van der Waals surface area contributed by atoms with Crippen molar-refractivity contribution in [3.63, 3.8) is 0 Å². The molecule has 0 aliphatic carbocycles. The van der Waals surface area contributed by atoms with Crippen LogP contribution in [0.15, 0.2) is 23.1 Å². The number of hydrogen-bond donors (Lipinski definition) is 2. The van der Waals surface area contributed by atoms with E-state index in [1.807, 2.05) is 6.92 Å². The van der Waals surface area contributed by atoms with Gasteiger partial charge in [0, 0.05) is 33.4 Å². The van der Waals surface area contributed by atoms with Crippen LogP contribution in [-0.4, -0.2) is 40.7 Å². The highest BCUT2D eigenvalue weighted by Gasteiger charge is 2.20. The standard InChI is InChI=1S/C12H19N3O5S/c1-9(8-20-3)7-14-21(18,19)10-4-5-12(15(16)17)11(6-10)13-2/h4-6,9,13-14H,7-8H2,1-3H3. The molecule has 0 amide bonds. The Morgan fingerprint density at radius 3 is 2.62 bits per heavy atom. The molecule has 0 heterocycles. The molecule has 1 atom stereocenters. The zero-order chi connectivity index (χ0) is 16.0. The van der Waals surface area contributed by atoms with E-state index in [0.717, 1.165) is 0 Å². The minimum absolute atomic E-state index is 0.0200. The first kappa shape index (κ1) is 17.3. The fourth-order valence-electron chi connectivity index (χ4n) is 1.72. The lowest BCUT2D eigenvalue weighted by molar-refractivity contribution is -0.384. The summed E-state index contributed by atoms with van der Waals surface area (Å²) in [4.78, 5) is 10.2. The Hall–Kier alpha value is -1.71. The van der Waals surface area contributed by atoms with Crippen LogP contribution in [0.2, 0.25) is 0 Å². The number of hydrogen-bond acceptors (Lipinski definition) is 6. The van der Waals surface area contributed by atoms with E-state index < -0.39 is 14.9 Å². The van der Waals surface area contributed by atoms with Gasteiger partial charge in [0.05, 0.1) is 9.82 Å². The first-order chi connectivity index (χ1) is 9.81. The summed E-state index contributed by atoms with van der Waals surface area (Å²) in [6, 6.07) is 3.61. The molecule has 1 aromatic carbocycles. The van der Waals surface area contributed by atoms with E-state index in [4.69, 9.17) is 4.74 Å². The van der Waals surface area contributed by atoms with Gasteiger partial charge < -0.3 is 10.1 Å². The van der Waals surface area contributed by atoms with E-state index in [9.17, 15) is 18.5 Å². The third-order valence-corrected chi connectivity index (χ3v) is 4.24. The second-order valence-corrected chi connectivity index (χ2v) is 6.37. The van der Waals surface area contributed by atoms with Crippen molar-refractivity contribution in [1.82, 2.24) is 4.72 Å². The topological polar surface area (TPSA) is 111 Å². The van der Waals surface area contributed by atoms with Gasteiger partial charge in [0.1, 0.15) is 5.69 Å². The number of nitrogens with zero attached hydrogens (tertiary/aromatic N) is 1. The Bertz CT molecular complexity index is 603. The Morgan fingerprint density at radius 2 is 2.10 bits per heavy atom. The summed E-state index contributed by atoms with van der Waals surface area (Å²) in [6.45, 7) is 2.51. The molecule has 0 aliphatic rings. The number of nitro benzene ring substituents is 1. The van der Waals surface area contributed by atoms with E-state index in [-0.39, 0.29) is 28.7 Å². The summed E-state index contributed by atoms with van der Waals surface area (Å²) in [5, 5.41) is 13.4. The Morgan fingerprint density at radius 1 is 1.43 bits per heavy atom. The highest BCUT2D eigenvalue weighted by molar-refractivity contribution is 7.89. The highest BCUT2D eigenvalue weighted by Crippen LogP contribution is 2.26. The molecule has 1 aromatic rings. The van der Waals surface area contributed by atoms with Gasteiger partial charge in [-0.2, -0.15) is 0 Å². The number of benzene rings is 1. The third-order valence-electron chi connectivity index (χ3n) is 2.82. The molecule has 1 unspecified atom stereocenters. The Labute approximate surface area is 123 Å². The van der Waals surface area contributed by atoms with Crippen molar-refractivity contribution in [3.05, 3.63) is 28.3 Å². The average molecular weight is 317 g/mol. The van der Waals surface area contributed by atoms with Crippen molar-refractivity contribution < 1.29 is 18.1 Å². The van der Waals surface area contributed by atoms with E-state index in [2.05, 4.69) is 10.0 Å². The molecule has 0 saturated heterocycles. The van der Waals surface area contributed by atoms with Crippen molar-refractivity contribution in [3.8, 4) is 0 Å². The quantitative estimate of drug-likeness (QED) is 0.550. The Balaban J connectivity index is 2.96. The maximum Gasteiger partial charge on any atom is 0.292 e. The summed E-state index contributed by atoms with van der Waals surface area (Å²) in [5.74, 6) is 0.0200. The van der Waals surface area contributed by atoms with Crippen LogP contribution in [0.1, 0.15) is 6.92 Å². The fourth-order valence-corrected chi connectivity index (χ4v) is 2.91. The molecule has 9 heteroatoms. The Kier molecular flexibility index (Phi) is 6.06. The van der Waals surface area contributed by atoms with Crippen LogP contribution in [-0.2, 0) is 14.8 Å². The van der Waals surface area contributed by atoms with Crippen molar-refractivity contribution in [2.45, 2.75) is 11.8 Å². The number of methoxy groups -OCH3 is 1. The number of nitro groups is 1. The smallest absolute Gasteiger partial charge is 0.292 e. The maximum absolute atomic E-state index is 12.1. The van der Waals surface area contributed by atoms with Crippen LogP contribution in [0.5, 0.6) is 0 Å². The first-order valence-corrected chi connectivity index (χ1v) is 7.75. The van der Waals surface area contributed by atoms with Gasteiger partial charge >= 0.3 is 0 Å². The normalized spacial score (nSPS) is 12.9. The SMILES string of the molecule is CNc1cc(S(=O)(=O)NCC(C)COC)ccc1[N+](=O)[O-]. The fraction of sp³-hybridized carbons (Fsp3) is 0.500. The van der Waals surface area contributed by atoms with E-state index in [0.29, 0.717) is 6.61 Å². The summed E-state index contributed by atoms with van der Waals surface area (Å²) >= 11 is 0. The van der Waals surface area contributed by atoms with Gasteiger partial charge in [-0.25, -0.2) is 13.1 Å². The second kappa shape index (κ2) is 7.34. The lowest BCUT2D eigenvalue weighted by Gasteiger charge is -2.12. The predicted octanol–water partition coefficient (Wildman–Crippen LogP) is 1.20. The van der Waals surface area contributed by atoms with Crippen molar-refractivity contribution in [1.29, 1.82) is 0 Å². The molecule has 21 heavy (non-hydrogen) atoms. The molecule has 0 bridgehead atoms. The molecule has 0 aromatic heterocycles. The molecule has 118 valence electrons. The molecule has 0 spiro atoms. The highest BCUT2D eigenvalue weighted by atomic mass is 32.2. The zero-order valence-electron chi connectivity index (χ0n) is 12.1. The summed E-state index contributed by atoms with van der Waals surface area (Å²) in [6.07, 6.45) is 0. The van der Waals surface area contributed by atoms with Gasteiger partial charge in [-0.1, -0.05) is 6.92 Å². The zero-order valence-corrected chi connectivity index (χ0v) is 12.9. The monoisotopic (exact) mass is 317 g/mol. The lowest BCUT2D eigenvalue weighted by atomic mass is 10.2. The van der Waals surface area contributed by atoms with Gasteiger partial charge in [0.15, 0.2) is 0 Å². The molecule has 1 rings (SSSR count). The van der Waals surface area contributed by atoms with Gasteiger partial charge in [-0.15, -0.1) is 0 Å². The number of ether oxygens (including phenoxy) is 1. The minimum atomic E-state index is -3.72. The van der Waals surface area contributed by atoms with Crippen molar-refractivity contribution in [2.24, 2.45) is 5.92 Å². The molecule has 2 N–H and O–H groups in total. The van der Waals surface area contributed by atoms with Gasteiger partial charge in [0.25, 0.3) is 5.69 Å². The van der Waals surface area contributed by atoms with Crippen LogP contribution < -0.4 is 10.0 Å². The maximum atomic E-state index is 12.1. The number of rotatable bonds is 8. The van der Waals surface area contributed by atoms with Gasteiger partial charge in [-0.3, -0.25) is 10.1 Å². The summed E-state index contributed by atoms with van der Waals surface area (Å²) in [7, 11) is -0.682. The number of anilines is 1. The van der Waals surface area contributed by atoms with Crippen LogP contribution in [0.3, 0.4) is 0 Å². The van der Waals surface area contributed by atoms with Crippen LogP contribution >= 0.6 is 0 Å². The van der Waals surface area contributed by atoms with Crippen molar-refractivity contribution >= 4 is 21.4 Å². The number of nitrogens with one attached hydrogen (secondary N) is 2. The average Bonchev–Trinajstić information content (AvgIpc) is 2.44. The lowest BCUT2D eigenvalue weighted by Crippen LogP contribution is -2.30. The van der Waals surface area contributed by atoms with E-state index in [1.165, 1.54) is 25.2 Å². The van der Waals surface area contributed by atoms with Gasteiger partial charge in [-0.05, 0) is 18.1 Å². The minimum Gasteiger partial charge on any atom is -0.384 e. The van der Waals surface area contributed by atoms with Crippen LogP contribution in [0, 0.1) is 16.0 Å². The van der Waals surface area contributed by atoms with Gasteiger partial charge in [0.2, 0.25) is 10.0 Å². The van der Waals surface area contributed by atoms with E-state index in [1.54, 1.807) is 7.11 Å². The second-order valence-electron chi connectivity index (χ2n) is 4.60. The third kappa shape index (κ3) is 4.66. The molecular weight excluding hydrogens is 298 g/mol. The molecule has 0 radical (unpaired) electrons. The largest absolute Gasteiger partial charge is 0.384 e. The molecule has 0 aliphatic heterocycles.